The minimum atomic E-state index is -0.890. The van der Waals surface area contributed by atoms with Gasteiger partial charge in [0, 0.05) is 42.7 Å². The Balaban J connectivity index is 1.24. The summed E-state index contributed by atoms with van der Waals surface area (Å²) < 4.78 is 5.09. The van der Waals surface area contributed by atoms with E-state index in [1.807, 2.05) is 54.6 Å². The number of para-hydroxylation sites is 1. The summed E-state index contributed by atoms with van der Waals surface area (Å²) in [5.41, 5.74) is 8.58. The first-order valence-corrected chi connectivity index (χ1v) is 10.5. The molecule has 2 amide bonds. The molecule has 2 aliphatic rings. The number of hydrogen-bond donors (Lipinski definition) is 1. The number of carbonyl (C=O) groups excluding carboxylic acids is 2. The standard InChI is InChI=1S/C24H24N4O3/c25-24(15-31-16-24)23(30)28-13-11-27(12-14-28)22(29)19-7-5-18(6-8-19)21-10-9-17-3-1-2-4-20(17)26-21/h1-10H,11-16,25H2. The van der Waals surface area contributed by atoms with Crippen molar-refractivity contribution >= 4 is 22.7 Å². The molecule has 2 fully saturated rings. The molecule has 0 saturated carbocycles. The predicted octanol–water partition coefficient (Wildman–Crippen LogP) is 1.91. The molecule has 0 spiro atoms. The maximum atomic E-state index is 12.9. The number of nitrogens with zero attached hydrogens (tertiary/aromatic N) is 3. The molecule has 158 valence electrons. The van der Waals surface area contributed by atoms with E-state index in [0.29, 0.717) is 31.7 Å². The molecule has 2 aliphatic heterocycles. The lowest BCUT2D eigenvalue weighted by Gasteiger charge is -2.43. The second-order valence-electron chi connectivity index (χ2n) is 8.20. The topological polar surface area (TPSA) is 88.8 Å². The van der Waals surface area contributed by atoms with Gasteiger partial charge in [-0.2, -0.15) is 0 Å². The Bertz CT molecular complexity index is 1130. The number of fused-ring (bicyclic) bond motifs is 1. The number of ether oxygens (including phenoxy) is 1. The summed E-state index contributed by atoms with van der Waals surface area (Å²) in [5.74, 6) is -0.113. The van der Waals surface area contributed by atoms with Gasteiger partial charge in [0.15, 0.2) is 0 Å². The van der Waals surface area contributed by atoms with E-state index >= 15 is 0 Å². The number of rotatable bonds is 3. The molecule has 0 radical (unpaired) electrons. The fourth-order valence-electron chi connectivity index (χ4n) is 4.07. The molecule has 2 aromatic carbocycles. The van der Waals surface area contributed by atoms with Crippen LogP contribution >= 0.6 is 0 Å². The van der Waals surface area contributed by atoms with Gasteiger partial charge in [-0.3, -0.25) is 9.59 Å². The molecule has 0 aliphatic carbocycles. The fraction of sp³-hybridized carbons (Fsp3) is 0.292. The maximum absolute atomic E-state index is 12.9. The third-order valence-corrected chi connectivity index (χ3v) is 6.03. The minimum absolute atomic E-state index is 0.0282. The largest absolute Gasteiger partial charge is 0.376 e. The molecule has 0 bridgehead atoms. The Labute approximate surface area is 180 Å². The van der Waals surface area contributed by atoms with E-state index in [9.17, 15) is 9.59 Å². The van der Waals surface area contributed by atoms with E-state index in [1.54, 1.807) is 9.80 Å². The Morgan fingerprint density at radius 2 is 1.55 bits per heavy atom. The van der Waals surface area contributed by atoms with Gasteiger partial charge in [0.2, 0.25) is 5.91 Å². The van der Waals surface area contributed by atoms with Crippen LogP contribution in [0.15, 0.2) is 60.7 Å². The van der Waals surface area contributed by atoms with E-state index in [0.717, 1.165) is 22.2 Å². The van der Waals surface area contributed by atoms with Crippen LogP contribution in [0.3, 0.4) is 0 Å². The summed E-state index contributed by atoms with van der Waals surface area (Å²) in [6.45, 7) is 2.50. The van der Waals surface area contributed by atoms with Crippen LogP contribution in [-0.2, 0) is 9.53 Å². The third-order valence-electron chi connectivity index (χ3n) is 6.03. The van der Waals surface area contributed by atoms with Crippen LogP contribution in [-0.4, -0.2) is 71.5 Å². The highest BCUT2D eigenvalue weighted by Crippen LogP contribution is 2.22. The molecule has 2 N–H and O–H groups in total. The Hall–Kier alpha value is -3.29. The van der Waals surface area contributed by atoms with Crippen molar-refractivity contribution in [3.05, 3.63) is 66.2 Å². The minimum Gasteiger partial charge on any atom is -0.376 e. The van der Waals surface area contributed by atoms with E-state index in [2.05, 4.69) is 6.07 Å². The van der Waals surface area contributed by atoms with Crippen molar-refractivity contribution in [2.45, 2.75) is 5.54 Å². The number of pyridine rings is 1. The van der Waals surface area contributed by atoms with Crippen molar-refractivity contribution in [1.82, 2.24) is 14.8 Å². The predicted molar refractivity (Wildman–Crippen MR) is 117 cm³/mol. The van der Waals surface area contributed by atoms with Crippen molar-refractivity contribution < 1.29 is 14.3 Å². The molecule has 3 heterocycles. The highest BCUT2D eigenvalue weighted by molar-refractivity contribution is 5.95. The fourth-order valence-corrected chi connectivity index (χ4v) is 4.07. The van der Waals surface area contributed by atoms with Crippen LogP contribution < -0.4 is 5.73 Å². The van der Waals surface area contributed by atoms with Gasteiger partial charge in [0.1, 0.15) is 5.54 Å². The molecule has 31 heavy (non-hydrogen) atoms. The molecule has 0 atom stereocenters. The molecule has 5 rings (SSSR count). The zero-order valence-corrected chi connectivity index (χ0v) is 17.2. The average molecular weight is 416 g/mol. The molecule has 7 heteroatoms. The van der Waals surface area contributed by atoms with Crippen LogP contribution in [0, 0.1) is 0 Å². The molecule has 0 unspecified atom stereocenters. The van der Waals surface area contributed by atoms with Crippen LogP contribution in [0.1, 0.15) is 10.4 Å². The Kier molecular flexibility index (Phi) is 4.92. The first kappa shape index (κ1) is 19.7. The monoisotopic (exact) mass is 416 g/mol. The van der Waals surface area contributed by atoms with Crippen molar-refractivity contribution in [2.24, 2.45) is 5.73 Å². The quantitative estimate of drug-likeness (QED) is 0.705. The smallest absolute Gasteiger partial charge is 0.253 e. The van der Waals surface area contributed by atoms with Gasteiger partial charge < -0.3 is 20.3 Å². The number of carbonyl (C=O) groups is 2. The Morgan fingerprint density at radius 1 is 0.871 bits per heavy atom. The van der Waals surface area contributed by atoms with Crippen LogP contribution in [0.2, 0.25) is 0 Å². The molecule has 2 saturated heterocycles. The zero-order chi connectivity index (χ0) is 21.4. The number of aromatic nitrogens is 1. The van der Waals surface area contributed by atoms with Gasteiger partial charge in [-0.1, -0.05) is 36.4 Å². The average Bonchev–Trinajstić information content (AvgIpc) is 2.81. The number of benzene rings is 2. The van der Waals surface area contributed by atoms with Crippen molar-refractivity contribution in [2.75, 3.05) is 39.4 Å². The van der Waals surface area contributed by atoms with Crippen molar-refractivity contribution in [1.29, 1.82) is 0 Å². The van der Waals surface area contributed by atoms with Gasteiger partial charge in [0.05, 0.1) is 24.4 Å². The third kappa shape index (κ3) is 3.66. The molecular weight excluding hydrogens is 392 g/mol. The lowest BCUT2D eigenvalue weighted by molar-refractivity contribution is -0.155. The van der Waals surface area contributed by atoms with Gasteiger partial charge in [-0.15, -0.1) is 0 Å². The SMILES string of the molecule is NC1(C(=O)N2CCN(C(=O)c3ccc(-c4ccc5ccccc5n4)cc3)CC2)COC1. The summed E-state index contributed by atoms with van der Waals surface area (Å²) in [5, 5.41) is 1.10. The van der Waals surface area contributed by atoms with Crippen molar-refractivity contribution in [3.63, 3.8) is 0 Å². The molecule has 3 aromatic rings. The van der Waals surface area contributed by atoms with E-state index in [4.69, 9.17) is 15.5 Å². The second-order valence-corrected chi connectivity index (χ2v) is 8.20. The van der Waals surface area contributed by atoms with Crippen molar-refractivity contribution in [3.8, 4) is 11.3 Å². The van der Waals surface area contributed by atoms with E-state index in [1.165, 1.54) is 0 Å². The maximum Gasteiger partial charge on any atom is 0.253 e. The summed E-state index contributed by atoms with van der Waals surface area (Å²) in [4.78, 5) is 33.7. The van der Waals surface area contributed by atoms with Gasteiger partial charge in [-0.25, -0.2) is 4.98 Å². The number of piperazine rings is 1. The highest BCUT2D eigenvalue weighted by atomic mass is 16.5. The highest BCUT2D eigenvalue weighted by Gasteiger charge is 2.45. The normalized spacial score (nSPS) is 18.0. The number of nitrogens with two attached hydrogens (primary N) is 1. The van der Waals surface area contributed by atoms with Gasteiger partial charge >= 0.3 is 0 Å². The van der Waals surface area contributed by atoms with Gasteiger partial charge in [-0.05, 0) is 24.3 Å². The van der Waals surface area contributed by atoms with E-state index in [-0.39, 0.29) is 25.0 Å². The van der Waals surface area contributed by atoms with Crippen LogP contribution in [0.25, 0.3) is 22.2 Å². The molecule has 1 aromatic heterocycles. The van der Waals surface area contributed by atoms with Crippen LogP contribution in [0.4, 0.5) is 0 Å². The first-order chi connectivity index (χ1) is 15.0. The van der Waals surface area contributed by atoms with E-state index < -0.39 is 5.54 Å². The summed E-state index contributed by atoms with van der Waals surface area (Å²) in [6.07, 6.45) is 0. The first-order valence-electron chi connectivity index (χ1n) is 10.5. The number of hydrogen-bond acceptors (Lipinski definition) is 5. The van der Waals surface area contributed by atoms with Gasteiger partial charge in [0.25, 0.3) is 5.91 Å². The summed E-state index contributed by atoms with van der Waals surface area (Å²) in [7, 11) is 0. The lowest BCUT2D eigenvalue weighted by Crippen LogP contribution is -2.68. The summed E-state index contributed by atoms with van der Waals surface area (Å²) in [6, 6.07) is 19.6. The van der Waals surface area contributed by atoms with Crippen LogP contribution in [0.5, 0.6) is 0 Å². The Morgan fingerprint density at radius 3 is 2.23 bits per heavy atom. The number of amides is 2. The molecule has 7 nitrogen and oxygen atoms in total. The summed E-state index contributed by atoms with van der Waals surface area (Å²) >= 11 is 0. The second kappa shape index (κ2) is 7.76. The molecular formula is C24H24N4O3. The zero-order valence-electron chi connectivity index (χ0n) is 17.2. The lowest BCUT2D eigenvalue weighted by atomic mass is 9.96.